The van der Waals surface area contributed by atoms with Gasteiger partial charge in [0.25, 0.3) is 5.91 Å². The monoisotopic (exact) mass is 549 g/mol. The van der Waals surface area contributed by atoms with Gasteiger partial charge in [0.15, 0.2) is 16.5 Å². The Morgan fingerprint density at radius 3 is 2.25 bits per heavy atom. The molecule has 6 nitrogen and oxygen atoms in total. The summed E-state index contributed by atoms with van der Waals surface area (Å²) in [5, 5.41) is 10.4. The number of rotatable bonds is 5. The number of carbonyl (C=O) groups is 1. The molecule has 0 saturated carbocycles. The Morgan fingerprint density at radius 1 is 1.03 bits per heavy atom. The van der Waals surface area contributed by atoms with Gasteiger partial charge in [-0.3, -0.25) is 4.79 Å². The third kappa shape index (κ3) is 5.93. The van der Waals surface area contributed by atoms with Gasteiger partial charge >= 0.3 is 6.18 Å². The minimum Gasteiger partial charge on any atom is -0.346 e. The first-order valence-corrected chi connectivity index (χ1v) is 12.7. The minimum absolute atomic E-state index is 0.0651. The molecule has 0 aliphatic carbocycles. The fourth-order valence-corrected chi connectivity index (χ4v) is 4.67. The summed E-state index contributed by atoms with van der Waals surface area (Å²) in [5.74, 6) is -0.678. The molecule has 12 heteroatoms. The second kappa shape index (κ2) is 11.2. The number of hydrogen-bond donors (Lipinski definition) is 2. The molecule has 1 amide bonds. The minimum atomic E-state index is -4.70. The number of aromatic nitrogens is 3. The third-order valence-corrected chi connectivity index (χ3v) is 7.02. The van der Waals surface area contributed by atoms with Gasteiger partial charge < -0.3 is 11.1 Å². The van der Waals surface area contributed by atoms with E-state index in [9.17, 15) is 18.0 Å². The van der Waals surface area contributed by atoms with Crippen molar-refractivity contribution in [3.63, 3.8) is 0 Å². The standard InChI is InChI=1S/C19H12ClF3N4OS.C5H7NS/c20-16-15(18(28)24-10-12-7-4-8-29-12)25-17-13(19(21,22)23)9-14(26-27(16)17)11-5-2-1-3-6-11;6-4-5-2-1-3-7-5/h1-9H,10H2,(H,24,28);1-3H,4,6H2. The molecule has 3 N–H and O–H groups in total. The van der Waals surface area contributed by atoms with Crippen LogP contribution in [0.4, 0.5) is 13.2 Å². The van der Waals surface area contributed by atoms with Crippen molar-refractivity contribution in [2.45, 2.75) is 19.3 Å². The lowest BCUT2D eigenvalue weighted by atomic mass is 10.1. The maximum atomic E-state index is 13.7. The number of fused-ring (bicyclic) bond motifs is 1. The number of benzene rings is 1. The first-order chi connectivity index (χ1) is 17.3. The number of nitrogens with zero attached hydrogens (tertiary/aromatic N) is 3. The highest BCUT2D eigenvalue weighted by molar-refractivity contribution is 7.10. The summed E-state index contributed by atoms with van der Waals surface area (Å²) >= 11 is 9.34. The quantitative estimate of drug-likeness (QED) is 0.271. The molecule has 0 unspecified atom stereocenters. The lowest BCUT2D eigenvalue weighted by molar-refractivity contribution is -0.136. The van der Waals surface area contributed by atoms with E-state index in [4.69, 9.17) is 17.3 Å². The van der Waals surface area contributed by atoms with E-state index in [2.05, 4.69) is 15.4 Å². The Bertz CT molecular complexity index is 1440. The Balaban J connectivity index is 0.000000375. The number of nitrogens with two attached hydrogens (primary N) is 1. The van der Waals surface area contributed by atoms with E-state index in [1.165, 1.54) is 16.2 Å². The zero-order valence-electron chi connectivity index (χ0n) is 18.5. The molecule has 186 valence electrons. The lowest BCUT2D eigenvalue weighted by Gasteiger charge is -2.10. The number of nitrogens with one attached hydrogen (secondary N) is 1. The predicted molar refractivity (Wildman–Crippen MR) is 136 cm³/mol. The SMILES string of the molecule is NCc1cccs1.O=C(NCc1cccs1)c1nc2c(C(F)(F)F)cc(-c3ccccc3)nn2c1Cl. The van der Waals surface area contributed by atoms with E-state index >= 15 is 0 Å². The fourth-order valence-electron chi connectivity index (χ4n) is 3.19. The average molecular weight is 550 g/mol. The summed E-state index contributed by atoms with van der Waals surface area (Å²) in [6.07, 6.45) is -4.70. The average Bonchev–Trinajstić information content (AvgIpc) is 3.64. The van der Waals surface area contributed by atoms with Gasteiger partial charge in [0.2, 0.25) is 0 Å². The highest BCUT2D eigenvalue weighted by atomic mass is 35.5. The summed E-state index contributed by atoms with van der Waals surface area (Å²) in [7, 11) is 0. The van der Waals surface area contributed by atoms with Crippen LogP contribution >= 0.6 is 34.3 Å². The summed E-state index contributed by atoms with van der Waals surface area (Å²) in [6, 6.07) is 17.0. The number of imidazole rings is 1. The molecule has 5 aromatic rings. The second-order valence-electron chi connectivity index (χ2n) is 7.34. The molecule has 0 aliphatic heterocycles. The zero-order chi connectivity index (χ0) is 25.7. The van der Waals surface area contributed by atoms with Gasteiger partial charge in [0.1, 0.15) is 5.56 Å². The van der Waals surface area contributed by atoms with Gasteiger partial charge in [-0.05, 0) is 29.0 Å². The van der Waals surface area contributed by atoms with Crippen LogP contribution in [-0.2, 0) is 19.3 Å². The normalized spacial score (nSPS) is 11.2. The first kappa shape index (κ1) is 25.8. The molecule has 4 aromatic heterocycles. The second-order valence-corrected chi connectivity index (χ2v) is 9.76. The maximum Gasteiger partial charge on any atom is 0.420 e. The van der Waals surface area contributed by atoms with Gasteiger partial charge in [-0.25, -0.2) is 9.50 Å². The largest absolute Gasteiger partial charge is 0.420 e. The van der Waals surface area contributed by atoms with Gasteiger partial charge in [-0.1, -0.05) is 54.1 Å². The van der Waals surface area contributed by atoms with Crippen molar-refractivity contribution in [2.75, 3.05) is 0 Å². The van der Waals surface area contributed by atoms with E-state index in [0.717, 1.165) is 15.5 Å². The van der Waals surface area contributed by atoms with Crippen molar-refractivity contribution < 1.29 is 18.0 Å². The number of thiophene rings is 2. The topological polar surface area (TPSA) is 85.3 Å². The molecule has 0 radical (unpaired) electrons. The number of hydrogen-bond acceptors (Lipinski definition) is 6. The first-order valence-electron chi connectivity index (χ1n) is 10.5. The van der Waals surface area contributed by atoms with Crippen molar-refractivity contribution in [1.82, 2.24) is 19.9 Å². The fraction of sp³-hybridized carbons (Fsp3) is 0.125. The van der Waals surface area contributed by atoms with E-state index in [1.54, 1.807) is 41.7 Å². The van der Waals surface area contributed by atoms with Crippen molar-refractivity contribution in [3.05, 3.63) is 97.6 Å². The van der Waals surface area contributed by atoms with Crippen LogP contribution in [0.25, 0.3) is 16.9 Å². The summed E-state index contributed by atoms with van der Waals surface area (Å²) in [5.41, 5.74) is 3.99. The van der Waals surface area contributed by atoms with Crippen molar-refractivity contribution in [1.29, 1.82) is 0 Å². The summed E-state index contributed by atoms with van der Waals surface area (Å²) < 4.78 is 41.9. The molecule has 0 bridgehead atoms. The highest BCUT2D eigenvalue weighted by Crippen LogP contribution is 2.35. The number of alkyl halides is 3. The Kier molecular flexibility index (Phi) is 8.04. The molecule has 0 spiro atoms. The Morgan fingerprint density at radius 2 is 1.69 bits per heavy atom. The van der Waals surface area contributed by atoms with E-state index in [-0.39, 0.29) is 23.1 Å². The van der Waals surface area contributed by atoms with Gasteiger partial charge in [0.05, 0.1) is 12.2 Å². The number of amides is 1. The molecule has 5 rings (SSSR count). The van der Waals surface area contributed by atoms with Crippen molar-refractivity contribution in [3.8, 4) is 11.3 Å². The molecule has 0 saturated heterocycles. The van der Waals surface area contributed by atoms with Gasteiger partial charge in [0, 0.05) is 21.9 Å². The maximum absolute atomic E-state index is 13.7. The van der Waals surface area contributed by atoms with Crippen LogP contribution in [0.3, 0.4) is 0 Å². The van der Waals surface area contributed by atoms with Crippen molar-refractivity contribution >= 4 is 45.8 Å². The van der Waals surface area contributed by atoms with Crippen LogP contribution in [0.1, 0.15) is 25.8 Å². The molecule has 4 heterocycles. The zero-order valence-corrected chi connectivity index (χ0v) is 20.9. The summed E-state index contributed by atoms with van der Waals surface area (Å²) in [4.78, 5) is 18.5. The molecule has 36 heavy (non-hydrogen) atoms. The predicted octanol–water partition coefficient (Wildman–Crippen LogP) is 6.27. The van der Waals surface area contributed by atoms with Crippen LogP contribution in [0.15, 0.2) is 71.4 Å². The van der Waals surface area contributed by atoms with Crippen molar-refractivity contribution in [2.24, 2.45) is 5.73 Å². The van der Waals surface area contributed by atoms with Crippen LogP contribution in [0.2, 0.25) is 5.15 Å². The van der Waals surface area contributed by atoms with E-state index < -0.39 is 23.3 Å². The smallest absolute Gasteiger partial charge is 0.346 e. The third-order valence-electron chi connectivity index (χ3n) is 4.90. The molecule has 0 atom stereocenters. The van der Waals surface area contributed by atoms with E-state index in [0.29, 0.717) is 12.1 Å². The van der Waals surface area contributed by atoms with Gasteiger partial charge in [-0.15, -0.1) is 22.7 Å². The Labute approximate surface area is 217 Å². The Hall–Kier alpha value is -3.25. The van der Waals surface area contributed by atoms with E-state index in [1.807, 2.05) is 35.0 Å². The molecule has 1 aromatic carbocycles. The number of halogens is 4. The van der Waals surface area contributed by atoms with Crippen LogP contribution in [0.5, 0.6) is 0 Å². The molecule has 0 fully saturated rings. The summed E-state index contributed by atoms with van der Waals surface area (Å²) in [6.45, 7) is 0.896. The lowest BCUT2D eigenvalue weighted by Crippen LogP contribution is -2.23. The molecule has 0 aliphatic rings. The highest BCUT2D eigenvalue weighted by Gasteiger charge is 2.36. The van der Waals surface area contributed by atoms with Crippen LogP contribution in [-0.4, -0.2) is 20.5 Å². The number of carbonyl (C=O) groups excluding carboxylic acids is 1. The van der Waals surface area contributed by atoms with Crippen LogP contribution in [0, 0.1) is 0 Å². The molecular formula is C24H19ClF3N5OS2. The van der Waals surface area contributed by atoms with Crippen LogP contribution < -0.4 is 11.1 Å². The molecular weight excluding hydrogens is 531 g/mol. The van der Waals surface area contributed by atoms with Gasteiger partial charge in [-0.2, -0.15) is 18.3 Å².